The van der Waals surface area contributed by atoms with Gasteiger partial charge in [-0.25, -0.2) is 5.43 Å². The van der Waals surface area contributed by atoms with Gasteiger partial charge in [-0.2, -0.15) is 5.10 Å². The highest BCUT2D eigenvalue weighted by Crippen LogP contribution is 2.37. The number of hydrogen-bond acceptors (Lipinski definition) is 3. The maximum absolute atomic E-state index is 11.8. The molecule has 0 atom stereocenters. The highest BCUT2D eigenvalue weighted by Gasteiger charge is 2.24. The van der Waals surface area contributed by atoms with Gasteiger partial charge < -0.3 is 5.11 Å². The van der Waals surface area contributed by atoms with Crippen LogP contribution in [-0.2, 0) is 15.6 Å². The highest BCUT2D eigenvalue weighted by atomic mass is 16.3. The van der Waals surface area contributed by atoms with Crippen molar-refractivity contribution in [1.29, 1.82) is 0 Å². The Bertz CT molecular complexity index is 635. The molecule has 26 heavy (non-hydrogen) atoms. The first-order valence-electron chi connectivity index (χ1n) is 9.66. The zero-order valence-corrected chi connectivity index (χ0v) is 17.6. The molecule has 0 saturated heterocycles. The highest BCUT2D eigenvalue weighted by molar-refractivity contribution is 5.86. The van der Waals surface area contributed by atoms with Gasteiger partial charge in [0.05, 0.1) is 6.21 Å². The van der Waals surface area contributed by atoms with Gasteiger partial charge >= 0.3 is 0 Å². The molecule has 0 aliphatic rings. The topological polar surface area (TPSA) is 61.7 Å². The summed E-state index contributed by atoms with van der Waals surface area (Å²) < 4.78 is 0. The molecule has 146 valence electrons. The molecular weight excluding hydrogens is 324 g/mol. The van der Waals surface area contributed by atoms with Gasteiger partial charge in [-0.1, -0.05) is 73.8 Å². The molecule has 1 aromatic carbocycles. The summed E-state index contributed by atoms with van der Waals surface area (Å²) in [5.74, 6) is 0.145. The number of unbranched alkanes of at least 4 members (excludes halogenated alkanes) is 3. The smallest absolute Gasteiger partial charge is 0.240 e. The Labute approximate surface area is 159 Å². The molecular formula is C22H36N2O2. The number of hydrazone groups is 1. The van der Waals surface area contributed by atoms with Gasteiger partial charge in [0.15, 0.2) is 0 Å². The molecule has 1 rings (SSSR count). The Morgan fingerprint density at radius 2 is 1.73 bits per heavy atom. The molecule has 1 aromatic rings. The van der Waals surface area contributed by atoms with E-state index < -0.39 is 0 Å². The number of phenols is 1. The van der Waals surface area contributed by atoms with Gasteiger partial charge in [0.25, 0.3) is 0 Å². The third-order valence-electron chi connectivity index (χ3n) is 4.46. The molecule has 2 N–H and O–H groups in total. The van der Waals surface area contributed by atoms with Crippen LogP contribution in [0.1, 0.15) is 97.3 Å². The van der Waals surface area contributed by atoms with Crippen molar-refractivity contribution in [2.75, 3.05) is 0 Å². The van der Waals surface area contributed by atoms with Crippen molar-refractivity contribution in [2.24, 2.45) is 5.10 Å². The van der Waals surface area contributed by atoms with Crippen molar-refractivity contribution in [3.8, 4) is 5.75 Å². The molecule has 0 aliphatic carbocycles. The molecule has 1 amide bonds. The van der Waals surface area contributed by atoms with Crippen LogP contribution < -0.4 is 5.43 Å². The number of rotatable bonds is 7. The van der Waals surface area contributed by atoms with E-state index in [-0.39, 0.29) is 22.5 Å². The number of carbonyl (C=O) groups is 1. The summed E-state index contributed by atoms with van der Waals surface area (Å²) in [6.07, 6.45) is 6.28. The summed E-state index contributed by atoms with van der Waals surface area (Å²) in [5, 5.41) is 14.7. The lowest BCUT2D eigenvalue weighted by Crippen LogP contribution is -2.19. The van der Waals surface area contributed by atoms with E-state index in [9.17, 15) is 9.90 Å². The number of nitrogens with one attached hydrogen (secondary N) is 1. The maximum atomic E-state index is 11.8. The summed E-state index contributed by atoms with van der Waals surface area (Å²) in [6, 6.07) is 4.01. The van der Waals surface area contributed by atoms with Gasteiger partial charge in [0.1, 0.15) is 5.75 Å². The first-order chi connectivity index (χ1) is 12.0. The minimum absolute atomic E-state index is 0.0428. The van der Waals surface area contributed by atoms with Gasteiger partial charge in [0, 0.05) is 17.5 Å². The Hall–Kier alpha value is -1.84. The summed E-state index contributed by atoms with van der Waals surface area (Å²) in [6.45, 7) is 14.8. The van der Waals surface area contributed by atoms with Crippen molar-refractivity contribution < 1.29 is 9.90 Å². The van der Waals surface area contributed by atoms with Crippen molar-refractivity contribution in [2.45, 2.75) is 91.4 Å². The maximum Gasteiger partial charge on any atom is 0.240 e. The van der Waals surface area contributed by atoms with E-state index in [0.717, 1.165) is 36.8 Å². The Morgan fingerprint density at radius 1 is 1.08 bits per heavy atom. The van der Waals surface area contributed by atoms with E-state index in [1.807, 2.05) is 6.07 Å². The van der Waals surface area contributed by atoms with Crippen molar-refractivity contribution in [3.63, 3.8) is 0 Å². The van der Waals surface area contributed by atoms with Crippen LogP contribution in [0.5, 0.6) is 5.75 Å². The number of benzene rings is 1. The Morgan fingerprint density at radius 3 is 2.27 bits per heavy atom. The molecule has 4 nitrogen and oxygen atoms in total. The second-order valence-corrected chi connectivity index (χ2v) is 9.07. The normalized spacial score (nSPS) is 12.6. The predicted molar refractivity (Wildman–Crippen MR) is 110 cm³/mol. The van der Waals surface area contributed by atoms with Crippen molar-refractivity contribution >= 4 is 12.1 Å². The lowest BCUT2D eigenvalue weighted by Gasteiger charge is -2.26. The molecule has 0 saturated carbocycles. The van der Waals surface area contributed by atoms with E-state index in [0.29, 0.717) is 12.0 Å². The lowest BCUT2D eigenvalue weighted by atomic mass is 9.79. The molecule has 4 heteroatoms. The summed E-state index contributed by atoms with van der Waals surface area (Å²) in [4.78, 5) is 11.8. The van der Waals surface area contributed by atoms with Crippen LogP contribution in [0.15, 0.2) is 17.2 Å². The Balaban J connectivity index is 2.96. The van der Waals surface area contributed by atoms with E-state index >= 15 is 0 Å². The third-order valence-corrected chi connectivity index (χ3v) is 4.46. The van der Waals surface area contributed by atoms with Crippen LogP contribution >= 0.6 is 0 Å². The van der Waals surface area contributed by atoms with Gasteiger partial charge in [0.2, 0.25) is 5.91 Å². The average molecular weight is 361 g/mol. The van der Waals surface area contributed by atoms with Gasteiger partial charge in [-0.3, -0.25) is 4.79 Å². The zero-order chi connectivity index (χ0) is 20.0. The van der Waals surface area contributed by atoms with Crippen LogP contribution in [-0.4, -0.2) is 17.2 Å². The molecule has 0 bridgehead atoms. The first kappa shape index (κ1) is 22.2. The summed E-state index contributed by atoms with van der Waals surface area (Å²) in [7, 11) is 0. The lowest BCUT2D eigenvalue weighted by molar-refractivity contribution is -0.121. The number of amides is 1. The SMILES string of the molecule is CCCCCCC(=O)N/N=C\c1cc(C(C)(C)C)cc(C(C)(C)C)c1O. The monoisotopic (exact) mass is 360 g/mol. The molecule has 0 spiro atoms. The van der Waals surface area contributed by atoms with Crippen molar-refractivity contribution in [3.05, 3.63) is 28.8 Å². The van der Waals surface area contributed by atoms with Gasteiger partial charge in [-0.15, -0.1) is 0 Å². The van der Waals surface area contributed by atoms with E-state index in [2.05, 4.69) is 65.1 Å². The second-order valence-electron chi connectivity index (χ2n) is 9.07. The van der Waals surface area contributed by atoms with Crippen molar-refractivity contribution in [1.82, 2.24) is 5.43 Å². The van der Waals surface area contributed by atoms with Crippen LogP contribution in [0.25, 0.3) is 0 Å². The summed E-state index contributed by atoms with van der Waals surface area (Å²) in [5.41, 5.74) is 5.00. The quantitative estimate of drug-likeness (QED) is 0.388. The van der Waals surface area contributed by atoms with E-state index in [1.165, 1.54) is 0 Å². The predicted octanol–water partition coefficient (Wildman–Crippen LogP) is 5.41. The fourth-order valence-corrected chi connectivity index (χ4v) is 2.70. The largest absolute Gasteiger partial charge is 0.507 e. The van der Waals surface area contributed by atoms with Crippen LogP contribution in [0.2, 0.25) is 0 Å². The molecule has 0 fully saturated rings. The number of phenolic OH excluding ortho intramolecular Hbond substituents is 1. The first-order valence-corrected chi connectivity index (χ1v) is 9.66. The van der Waals surface area contributed by atoms with Crippen LogP contribution in [0.3, 0.4) is 0 Å². The summed E-state index contributed by atoms with van der Waals surface area (Å²) >= 11 is 0. The molecule has 0 unspecified atom stereocenters. The standard InChI is InChI=1S/C22H36N2O2/c1-8-9-10-11-12-19(25)24-23-15-16-13-17(21(2,3)4)14-18(20(16)26)22(5,6)7/h13-15,26H,8-12H2,1-7H3,(H,24,25)/b23-15-. The molecule has 0 radical (unpaired) electrons. The molecule has 0 aromatic heterocycles. The second kappa shape index (κ2) is 9.20. The number of carbonyl (C=O) groups excluding carboxylic acids is 1. The minimum atomic E-state index is -0.184. The Kier molecular flexibility index (Phi) is 7.86. The van der Waals surface area contributed by atoms with E-state index in [1.54, 1.807) is 6.21 Å². The minimum Gasteiger partial charge on any atom is -0.507 e. The number of nitrogens with zero attached hydrogens (tertiary/aromatic N) is 1. The van der Waals surface area contributed by atoms with Gasteiger partial charge in [-0.05, 0) is 28.9 Å². The average Bonchev–Trinajstić information content (AvgIpc) is 2.51. The molecule has 0 aliphatic heterocycles. The fourth-order valence-electron chi connectivity index (χ4n) is 2.70. The zero-order valence-electron chi connectivity index (χ0n) is 17.6. The van der Waals surface area contributed by atoms with Crippen LogP contribution in [0.4, 0.5) is 0 Å². The number of hydrogen-bond donors (Lipinski definition) is 2. The van der Waals surface area contributed by atoms with E-state index in [4.69, 9.17) is 0 Å². The number of aromatic hydroxyl groups is 1. The fraction of sp³-hybridized carbons (Fsp3) is 0.636. The molecule has 0 heterocycles. The third kappa shape index (κ3) is 6.81. The van der Waals surface area contributed by atoms with Crippen LogP contribution in [0, 0.1) is 0 Å².